The second-order valence-electron chi connectivity index (χ2n) is 8.92. The van der Waals surface area contributed by atoms with Gasteiger partial charge in [-0.15, -0.1) is 0 Å². The minimum Gasteiger partial charge on any atom is -0.367 e. The Kier molecular flexibility index (Phi) is 6.70. The van der Waals surface area contributed by atoms with Crippen molar-refractivity contribution in [1.29, 1.82) is 0 Å². The summed E-state index contributed by atoms with van der Waals surface area (Å²) in [6.45, 7) is 7.25. The molecule has 0 unspecified atom stereocenters. The third kappa shape index (κ3) is 5.10. The summed E-state index contributed by atoms with van der Waals surface area (Å²) in [7, 11) is 0. The van der Waals surface area contributed by atoms with E-state index in [1.807, 2.05) is 36.0 Å². The normalized spacial score (nSPS) is 16.3. The third-order valence-electron chi connectivity index (χ3n) is 6.82. The Morgan fingerprint density at radius 2 is 1.67 bits per heavy atom. The fraction of sp³-hybridized carbons (Fsp3) is 0.321. The smallest absolute Gasteiger partial charge is 0.255 e. The van der Waals surface area contributed by atoms with Crippen LogP contribution in [0, 0.1) is 6.92 Å². The SMILES string of the molecule is Cc1c(CN2CCSCC2)cccc1NC(=O)c1ccc(N2CCc3ccccc3C2)cc1. The van der Waals surface area contributed by atoms with Gasteiger partial charge in [-0.3, -0.25) is 9.69 Å². The van der Waals surface area contributed by atoms with Crippen molar-refractivity contribution in [2.75, 3.05) is 41.4 Å². The van der Waals surface area contributed by atoms with E-state index < -0.39 is 0 Å². The van der Waals surface area contributed by atoms with Gasteiger partial charge in [0, 0.05) is 61.2 Å². The van der Waals surface area contributed by atoms with Gasteiger partial charge in [-0.2, -0.15) is 11.8 Å². The van der Waals surface area contributed by atoms with Gasteiger partial charge in [0.1, 0.15) is 0 Å². The van der Waals surface area contributed by atoms with E-state index in [1.165, 1.54) is 33.9 Å². The number of amides is 1. The molecule has 170 valence electrons. The number of nitrogens with zero attached hydrogens (tertiary/aromatic N) is 2. The Morgan fingerprint density at radius 1 is 0.909 bits per heavy atom. The van der Waals surface area contributed by atoms with Gasteiger partial charge in [-0.05, 0) is 65.9 Å². The van der Waals surface area contributed by atoms with Crippen LogP contribution in [0.3, 0.4) is 0 Å². The van der Waals surface area contributed by atoms with Crippen LogP contribution in [0.1, 0.15) is 32.6 Å². The van der Waals surface area contributed by atoms with Gasteiger partial charge in [0.05, 0.1) is 0 Å². The number of carbonyl (C=O) groups is 1. The summed E-state index contributed by atoms with van der Waals surface area (Å²) in [4.78, 5) is 17.9. The number of fused-ring (bicyclic) bond motifs is 1. The standard InChI is InChI=1S/C28H31N3OS/c1-21-24(19-30-15-17-33-18-16-30)7-4-8-27(21)29-28(32)23-9-11-26(12-10-23)31-14-13-22-5-2-3-6-25(22)20-31/h2-12H,13-20H2,1H3,(H,29,32). The van der Waals surface area contributed by atoms with Crippen molar-refractivity contribution in [3.63, 3.8) is 0 Å². The number of anilines is 2. The van der Waals surface area contributed by atoms with E-state index in [9.17, 15) is 4.79 Å². The van der Waals surface area contributed by atoms with E-state index in [0.29, 0.717) is 5.56 Å². The maximum Gasteiger partial charge on any atom is 0.255 e. The van der Waals surface area contributed by atoms with Crippen molar-refractivity contribution >= 4 is 29.0 Å². The first kappa shape index (κ1) is 22.1. The number of hydrogen-bond acceptors (Lipinski definition) is 4. The predicted octanol–water partition coefficient (Wildman–Crippen LogP) is 5.36. The first-order chi connectivity index (χ1) is 16.2. The fourth-order valence-corrected chi connectivity index (χ4v) is 5.70. The van der Waals surface area contributed by atoms with Gasteiger partial charge in [0.2, 0.25) is 0 Å². The first-order valence-corrected chi connectivity index (χ1v) is 12.9. The summed E-state index contributed by atoms with van der Waals surface area (Å²) in [6.07, 6.45) is 1.06. The second-order valence-corrected chi connectivity index (χ2v) is 10.1. The van der Waals surface area contributed by atoms with E-state index in [0.717, 1.165) is 50.4 Å². The maximum atomic E-state index is 13.0. The van der Waals surface area contributed by atoms with Crippen LogP contribution in [0.4, 0.5) is 11.4 Å². The van der Waals surface area contributed by atoms with E-state index in [2.05, 4.69) is 64.5 Å². The summed E-state index contributed by atoms with van der Waals surface area (Å²) >= 11 is 2.03. The zero-order valence-corrected chi connectivity index (χ0v) is 20.0. The molecular formula is C28H31N3OS. The zero-order valence-electron chi connectivity index (χ0n) is 19.2. The molecule has 0 saturated carbocycles. The summed E-state index contributed by atoms with van der Waals surface area (Å²) in [5.74, 6) is 2.35. The molecule has 5 heteroatoms. The number of nitrogens with one attached hydrogen (secondary N) is 1. The molecule has 33 heavy (non-hydrogen) atoms. The van der Waals surface area contributed by atoms with Crippen molar-refractivity contribution < 1.29 is 4.79 Å². The predicted molar refractivity (Wildman–Crippen MR) is 139 cm³/mol. The Morgan fingerprint density at radius 3 is 2.45 bits per heavy atom. The molecule has 1 saturated heterocycles. The highest BCUT2D eigenvalue weighted by Crippen LogP contribution is 2.26. The van der Waals surface area contributed by atoms with Crippen molar-refractivity contribution in [2.45, 2.75) is 26.4 Å². The summed E-state index contributed by atoms with van der Waals surface area (Å²) in [5.41, 5.74) is 8.05. The van der Waals surface area contributed by atoms with Crippen molar-refractivity contribution in [3.8, 4) is 0 Å². The van der Waals surface area contributed by atoms with Crippen LogP contribution in [0.25, 0.3) is 0 Å². The van der Waals surface area contributed by atoms with Crippen molar-refractivity contribution in [1.82, 2.24) is 4.90 Å². The van der Waals surface area contributed by atoms with E-state index in [-0.39, 0.29) is 5.91 Å². The molecule has 0 spiro atoms. The van der Waals surface area contributed by atoms with Crippen LogP contribution in [0.5, 0.6) is 0 Å². The molecule has 0 aliphatic carbocycles. The highest BCUT2D eigenvalue weighted by Gasteiger charge is 2.17. The van der Waals surface area contributed by atoms with Gasteiger partial charge in [-0.1, -0.05) is 36.4 Å². The summed E-state index contributed by atoms with van der Waals surface area (Å²) < 4.78 is 0. The molecule has 2 aliphatic rings. The fourth-order valence-electron chi connectivity index (χ4n) is 4.72. The summed E-state index contributed by atoms with van der Waals surface area (Å²) in [5, 5.41) is 3.14. The van der Waals surface area contributed by atoms with Gasteiger partial charge in [-0.25, -0.2) is 0 Å². The van der Waals surface area contributed by atoms with Gasteiger partial charge in [0.15, 0.2) is 0 Å². The highest BCUT2D eigenvalue weighted by molar-refractivity contribution is 7.99. The molecule has 2 heterocycles. The van der Waals surface area contributed by atoms with Gasteiger partial charge in [0.25, 0.3) is 5.91 Å². The second kappa shape index (κ2) is 10.0. The third-order valence-corrected chi connectivity index (χ3v) is 7.76. The van der Waals surface area contributed by atoms with Crippen LogP contribution >= 0.6 is 11.8 Å². The minimum absolute atomic E-state index is 0.0554. The number of benzene rings is 3. The molecule has 0 bridgehead atoms. The lowest BCUT2D eigenvalue weighted by Crippen LogP contribution is -2.32. The lowest BCUT2D eigenvalue weighted by molar-refractivity contribution is 0.102. The van der Waals surface area contributed by atoms with Crippen molar-refractivity contribution in [2.24, 2.45) is 0 Å². The monoisotopic (exact) mass is 457 g/mol. The summed E-state index contributed by atoms with van der Waals surface area (Å²) in [6, 6.07) is 22.9. The molecule has 0 atom stereocenters. The average Bonchev–Trinajstić information content (AvgIpc) is 2.87. The molecule has 3 aromatic rings. The lowest BCUT2D eigenvalue weighted by Gasteiger charge is -2.30. The Hall–Kier alpha value is -2.76. The number of rotatable bonds is 5. The van der Waals surface area contributed by atoms with Gasteiger partial charge < -0.3 is 10.2 Å². The lowest BCUT2D eigenvalue weighted by atomic mass is 9.99. The number of hydrogen-bond donors (Lipinski definition) is 1. The molecule has 0 radical (unpaired) electrons. The molecule has 5 rings (SSSR count). The van der Waals surface area contributed by atoms with E-state index >= 15 is 0 Å². The average molecular weight is 458 g/mol. The molecule has 2 aliphatic heterocycles. The molecule has 3 aromatic carbocycles. The number of carbonyl (C=O) groups excluding carboxylic acids is 1. The Labute approximate surface area is 201 Å². The van der Waals surface area contributed by atoms with Crippen LogP contribution in [0.15, 0.2) is 66.7 Å². The molecule has 0 aromatic heterocycles. The quantitative estimate of drug-likeness (QED) is 0.560. The molecule has 1 fully saturated rings. The largest absolute Gasteiger partial charge is 0.367 e. The number of thioether (sulfide) groups is 1. The molecule has 1 N–H and O–H groups in total. The highest BCUT2D eigenvalue weighted by atomic mass is 32.2. The Bertz CT molecular complexity index is 1120. The minimum atomic E-state index is -0.0554. The van der Waals surface area contributed by atoms with Crippen LogP contribution in [0.2, 0.25) is 0 Å². The zero-order chi connectivity index (χ0) is 22.6. The van der Waals surface area contributed by atoms with Crippen LogP contribution in [-0.4, -0.2) is 41.9 Å². The van der Waals surface area contributed by atoms with E-state index in [1.54, 1.807) is 0 Å². The first-order valence-electron chi connectivity index (χ1n) is 11.8. The van der Waals surface area contributed by atoms with Crippen LogP contribution < -0.4 is 10.2 Å². The van der Waals surface area contributed by atoms with Gasteiger partial charge >= 0.3 is 0 Å². The van der Waals surface area contributed by atoms with Crippen LogP contribution in [-0.2, 0) is 19.5 Å². The Balaban J connectivity index is 1.25. The topological polar surface area (TPSA) is 35.6 Å². The van der Waals surface area contributed by atoms with Crippen molar-refractivity contribution in [3.05, 3.63) is 94.5 Å². The molecule has 4 nitrogen and oxygen atoms in total. The maximum absolute atomic E-state index is 13.0. The molecular weight excluding hydrogens is 426 g/mol. The molecule has 1 amide bonds. The van der Waals surface area contributed by atoms with E-state index in [4.69, 9.17) is 0 Å².